The number of sulfonamides is 1. The summed E-state index contributed by atoms with van der Waals surface area (Å²) in [6.07, 6.45) is 8.89. The molecule has 0 radical (unpaired) electrons. The molecule has 0 bridgehead atoms. The zero-order valence-electron chi connectivity index (χ0n) is 14.4. The fourth-order valence-electron chi connectivity index (χ4n) is 3.06. The summed E-state index contributed by atoms with van der Waals surface area (Å²) in [5.74, 6) is 0. The summed E-state index contributed by atoms with van der Waals surface area (Å²) in [5.41, 5.74) is 5.47. The van der Waals surface area contributed by atoms with Crippen LogP contribution < -0.4 is 10.9 Å². The van der Waals surface area contributed by atoms with E-state index in [2.05, 4.69) is 4.90 Å². The molecule has 1 atom stereocenters. The highest BCUT2D eigenvalue weighted by Gasteiger charge is 2.21. The van der Waals surface area contributed by atoms with Crippen LogP contribution in [0.5, 0.6) is 0 Å². The van der Waals surface area contributed by atoms with Crippen molar-refractivity contribution in [2.24, 2.45) is 10.9 Å². The molecule has 23 heavy (non-hydrogen) atoms. The van der Waals surface area contributed by atoms with E-state index >= 15 is 0 Å². The van der Waals surface area contributed by atoms with Gasteiger partial charge in [-0.3, -0.25) is 4.90 Å². The highest BCUT2D eigenvalue weighted by molar-refractivity contribution is 7.89. The molecule has 0 spiro atoms. The Hall–Kier alpha value is -0.210. The lowest BCUT2D eigenvalue weighted by atomic mass is 10.1. The van der Waals surface area contributed by atoms with Crippen molar-refractivity contribution >= 4 is 10.0 Å². The first-order valence-corrected chi connectivity index (χ1v) is 10.7. The molecule has 1 heterocycles. The molecule has 1 rings (SSSR count). The fourth-order valence-corrected chi connectivity index (χ4v) is 4.05. The Morgan fingerprint density at radius 3 is 2.09 bits per heavy atom. The zero-order chi connectivity index (χ0) is 17.0. The molecule has 1 unspecified atom stereocenters. The second-order valence-corrected chi connectivity index (χ2v) is 8.35. The molecule has 0 amide bonds. The highest BCUT2D eigenvalue weighted by Crippen LogP contribution is 2.16. The van der Waals surface area contributed by atoms with Crippen molar-refractivity contribution in [1.29, 1.82) is 0 Å². The molecule has 0 saturated carbocycles. The molecule has 0 aliphatic carbocycles. The highest BCUT2D eigenvalue weighted by atomic mass is 32.2. The summed E-state index contributed by atoms with van der Waals surface area (Å²) in [6.45, 7) is 5.16. The number of ether oxygens (including phenoxy) is 1. The van der Waals surface area contributed by atoms with Gasteiger partial charge in [0.1, 0.15) is 0 Å². The Kier molecular flexibility index (Phi) is 11.0. The van der Waals surface area contributed by atoms with Crippen LogP contribution in [0.4, 0.5) is 0 Å². The smallest absolute Gasteiger partial charge is 0.211 e. The van der Waals surface area contributed by atoms with E-state index in [1.807, 2.05) is 0 Å². The minimum Gasteiger partial charge on any atom is -0.379 e. The summed E-state index contributed by atoms with van der Waals surface area (Å²) in [4.78, 5) is 2.33. The van der Waals surface area contributed by atoms with Gasteiger partial charge in [-0.25, -0.2) is 13.6 Å². The van der Waals surface area contributed by atoms with E-state index in [0.717, 1.165) is 71.5 Å². The first-order valence-electron chi connectivity index (χ1n) is 9.06. The molecule has 0 aromatic rings. The Labute approximate surface area is 142 Å². The molecule has 1 aliphatic rings. The maximum Gasteiger partial charge on any atom is 0.211 e. The van der Waals surface area contributed by atoms with Crippen molar-refractivity contribution in [2.75, 3.05) is 39.4 Å². The fraction of sp³-hybridized carbons (Fsp3) is 1.00. The number of hydrogen-bond acceptors (Lipinski definition) is 5. The molecule has 1 fully saturated rings. The molecule has 1 aliphatic heterocycles. The van der Waals surface area contributed by atoms with Gasteiger partial charge in [0, 0.05) is 13.1 Å². The van der Waals surface area contributed by atoms with E-state index in [1.54, 1.807) is 0 Å². The minimum atomic E-state index is -3.43. The minimum absolute atomic E-state index is 0.382. The summed E-state index contributed by atoms with van der Waals surface area (Å²) >= 11 is 0. The average molecular weight is 350 g/mol. The van der Waals surface area contributed by atoms with E-state index in [9.17, 15) is 8.42 Å². The first kappa shape index (κ1) is 20.8. The third-order valence-corrected chi connectivity index (χ3v) is 5.95. The second kappa shape index (κ2) is 12.2. The topological polar surface area (TPSA) is 98.6 Å². The SMILES string of the molecule is NCCCCCCCCC(CCCN1CCOCC1)S(N)(=O)=O. The molecule has 0 aromatic heterocycles. The van der Waals surface area contributed by atoms with Crippen molar-refractivity contribution in [2.45, 2.75) is 63.0 Å². The standard InChI is InChI=1S/C16H35N3O3S/c17-10-6-4-2-1-3-5-8-16(23(18,20)21)9-7-11-19-12-14-22-15-13-19/h16H,1-15,17H2,(H2,18,20,21). The van der Waals surface area contributed by atoms with Crippen LogP contribution in [0.25, 0.3) is 0 Å². The van der Waals surface area contributed by atoms with Gasteiger partial charge in [-0.05, 0) is 38.8 Å². The monoisotopic (exact) mass is 349 g/mol. The molecular weight excluding hydrogens is 314 g/mol. The van der Waals surface area contributed by atoms with Crippen molar-refractivity contribution in [3.8, 4) is 0 Å². The lowest BCUT2D eigenvalue weighted by Crippen LogP contribution is -2.37. The molecule has 0 aromatic carbocycles. The van der Waals surface area contributed by atoms with Crippen LogP contribution in [0.15, 0.2) is 0 Å². The van der Waals surface area contributed by atoms with Crippen molar-refractivity contribution in [1.82, 2.24) is 4.90 Å². The van der Waals surface area contributed by atoms with E-state index in [1.165, 1.54) is 12.8 Å². The van der Waals surface area contributed by atoms with Gasteiger partial charge in [-0.15, -0.1) is 0 Å². The Morgan fingerprint density at radius 1 is 0.913 bits per heavy atom. The number of morpholine rings is 1. The van der Waals surface area contributed by atoms with E-state index in [0.29, 0.717) is 12.8 Å². The number of unbranched alkanes of at least 4 members (excludes halogenated alkanes) is 5. The lowest BCUT2D eigenvalue weighted by Gasteiger charge is -2.27. The van der Waals surface area contributed by atoms with Gasteiger partial charge in [-0.1, -0.05) is 32.1 Å². The number of nitrogens with zero attached hydrogens (tertiary/aromatic N) is 1. The number of hydrogen-bond donors (Lipinski definition) is 2. The maximum atomic E-state index is 11.7. The van der Waals surface area contributed by atoms with Crippen LogP contribution in [0.2, 0.25) is 0 Å². The largest absolute Gasteiger partial charge is 0.379 e. The van der Waals surface area contributed by atoms with Gasteiger partial charge >= 0.3 is 0 Å². The molecular formula is C16H35N3O3S. The summed E-state index contributed by atoms with van der Waals surface area (Å²) in [6, 6.07) is 0. The predicted molar refractivity (Wildman–Crippen MR) is 94.8 cm³/mol. The van der Waals surface area contributed by atoms with Gasteiger partial charge < -0.3 is 10.5 Å². The third-order valence-electron chi connectivity index (χ3n) is 4.55. The van der Waals surface area contributed by atoms with Crippen LogP contribution in [-0.2, 0) is 14.8 Å². The van der Waals surface area contributed by atoms with Crippen LogP contribution in [0, 0.1) is 0 Å². The van der Waals surface area contributed by atoms with E-state index in [4.69, 9.17) is 15.6 Å². The predicted octanol–water partition coefficient (Wildman–Crippen LogP) is 1.45. The summed E-state index contributed by atoms with van der Waals surface area (Å²) in [5, 5.41) is 5.02. The molecule has 7 heteroatoms. The van der Waals surface area contributed by atoms with Crippen LogP contribution >= 0.6 is 0 Å². The quantitative estimate of drug-likeness (QED) is 0.490. The van der Waals surface area contributed by atoms with E-state index in [-0.39, 0.29) is 5.25 Å². The summed E-state index contributed by atoms with van der Waals surface area (Å²) < 4.78 is 28.8. The van der Waals surface area contributed by atoms with Crippen LogP contribution in [-0.4, -0.2) is 58.0 Å². The number of primary sulfonamides is 1. The molecule has 4 N–H and O–H groups in total. The van der Waals surface area contributed by atoms with Gasteiger partial charge in [0.2, 0.25) is 10.0 Å². The normalized spacial score (nSPS) is 18.2. The van der Waals surface area contributed by atoms with Gasteiger partial charge in [0.25, 0.3) is 0 Å². The second-order valence-electron chi connectivity index (χ2n) is 6.51. The Bertz CT molecular complexity index is 384. The average Bonchev–Trinajstić information content (AvgIpc) is 2.52. The molecule has 138 valence electrons. The van der Waals surface area contributed by atoms with Crippen LogP contribution in [0.3, 0.4) is 0 Å². The van der Waals surface area contributed by atoms with Crippen molar-refractivity contribution in [3.63, 3.8) is 0 Å². The molecule has 6 nitrogen and oxygen atoms in total. The van der Waals surface area contributed by atoms with Crippen molar-refractivity contribution < 1.29 is 13.2 Å². The van der Waals surface area contributed by atoms with Gasteiger partial charge in [0.15, 0.2) is 0 Å². The van der Waals surface area contributed by atoms with Crippen molar-refractivity contribution in [3.05, 3.63) is 0 Å². The van der Waals surface area contributed by atoms with Crippen LogP contribution in [0.1, 0.15) is 57.8 Å². The lowest BCUT2D eigenvalue weighted by molar-refractivity contribution is 0.0371. The first-order chi connectivity index (χ1) is 11.0. The number of rotatable bonds is 13. The Balaban J connectivity index is 2.16. The van der Waals surface area contributed by atoms with E-state index < -0.39 is 10.0 Å². The maximum absolute atomic E-state index is 11.7. The van der Waals surface area contributed by atoms with Gasteiger partial charge in [0.05, 0.1) is 18.5 Å². The molecule has 1 saturated heterocycles. The zero-order valence-corrected chi connectivity index (χ0v) is 15.2. The van der Waals surface area contributed by atoms with Gasteiger partial charge in [-0.2, -0.15) is 0 Å². The Morgan fingerprint density at radius 2 is 1.48 bits per heavy atom. The number of nitrogens with two attached hydrogens (primary N) is 2. The summed E-state index contributed by atoms with van der Waals surface area (Å²) in [7, 11) is -3.43. The third kappa shape index (κ3) is 10.3.